The van der Waals surface area contributed by atoms with Crippen LogP contribution < -0.4 is 10.0 Å². The lowest BCUT2D eigenvalue weighted by Crippen LogP contribution is -2.33. The molecule has 4 nitrogen and oxygen atoms in total. The molecule has 1 atom stereocenters. The lowest BCUT2D eigenvalue weighted by atomic mass is 9.96. The molecule has 0 bridgehead atoms. The summed E-state index contributed by atoms with van der Waals surface area (Å²) in [4.78, 5) is -0.114. The molecule has 0 spiro atoms. The van der Waals surface area contributed by atoms with Crippen molar-refractivity contribution in [3.63, 3.8) is 0 Å². The number of halogens is 3. The number of piperidine rings is 1. The predicted molar refractivity (Wildman–Crippen MR) is 86.9 cm³/mol. The van der Waals surface area contributed by atoms with Gasteiger partial charge in [0, 0.05) is 11.6 Å². The van der Waals surface area contributed by atoms with Gasteiger partial charge in [-0.05, 0) is 50.4 Å². The molecule has 1 heterocycles. The summed E-state index contributed by atoms with van der Waals surface area (Å²) in [5.74, 6) is 0.498. The van der Waals surface area contributed by atoms with Crippen LogP contribution in [0.15, 0.2) is 17.0 Å². The summed E-state index contributed by atoms with van der Waals surface area (Å²) in [6, 6.07) is 2.74. The molecule has 0 aliphatic carbocycles. The minimum absolute atomic E-state index is 0.0272. The van der Waals surface area contributed by atoms with E-state index in [9.17, 15) is 8.42 Å². The Kier molecular flexibility index (Phi) is 6.17. The lowest BCUT2D eigenvalue weighted by molar-refractivity contribution is 0.358. The van der Waals surface area contributed by atoms with E-state index in [4.69, 9.17) is 34.8 Å². The predicted octanol–water partition coefficient (Wildman–Crippen LogP) is 3.31. The molecule has 0 radical (unpaired) electrons. The van der Waals surface area contributed by atoms with Crippen LogP contribution >= 0.6 is 34.8 Å². The SMILES string of the molecule is O=S(=O)(NCCC1CCCNC1)c1c(Cl)cc(Cl)cc1Cl. The van der Waals surface area contributed by atoms with Crippen molar-refractivity contribution in [2.24, 2.45) is 5.92 Å². The average Bonchev–Trinajstić information content (AvgIpc) is 2.38. The Bertz CT molecular complexity index is 578. The van der Waals surface area contributed by atoms with Crippen molar-refractivity contribution in [2.45, 2.75) is 24.2 Å². The molecule has 8 heteroatoms. The summed E-state index contributed by atoms with van der Waals surface area (Å²) in [5.41, 5.74) is 0. The first-order chi connectivity index (χ1) is 9.90. The van der Waals surface area contributed by atoms with E-state index in [1.807, 2.05) is 0 Å². The van der Waals surface area contributed by atoms with Crippen LogP contribution in [0.1, 0.15) is 19.3 Å². The minimum Gasteiger partial charge on any atom is -0.316 e. The maximum absolute atomic E-state index is 12.3. The second-order valence-electron chi connectivity index (χ2n) is 5.10. The molecule has 1 aliphatic heterocycles. The molecule has 0 aromatic heterocycles. The molecule has 1 fully saturated rings. The number of sulfonamides is 1. The third kappa shape index (κ3) is 4.71. The largest absolute Gasteiger partial charge is 0.316 e. The number of rotatable bonds is 5. The fraction of sp³-hybridized carbons (Fsp3) is 0.538. The van der Waals surface area contributed by atoms with Crippen LogP contribution in [-0.2, 0) is 10.0 Å². The Hall–Kier alpha value is -0.0400. The molecular formula is C13H17Cl3N2O2S. The summed E-state index contributed by atoms with van der Waals surface area (Å²) in [5, 5.41) is 3.66. The van der Waals surface area contributed by atoms with E-state index in [-0.39, 0.29) is 14.9 Å². The van der Waals surface area contributed by atoms with Crippen LogP contribution in [0, 0.1) is 5.92 Å². The van der Waals surface area contributed by atoms with E-state index < -0.39 is 10.0 Å². The van der Waals surface area contributed by atoms with Crippen molar-refractivity contribution in [1.29, 1.82) is 0 Å². The van der Waals surface area contributed by atoms with Gasteiger partial charge in [-0.25, -0.2) is 13.1 Å². The third-order valence-corrected chi connectivity index (χ3v) is 6.08. The second-order valence-corrected chi connectivity index (χ2v) is 8.05. The number of benzene rings is 1. The third-order valence-electron chi connectivity index (χ3n) is 3.48. The van der Waals surface area contributed by atoms with E-state index in [0.717, 1.165) is 32.4 Å². The Balaban J connectivity index is 2.01. The summed E-state index contributed by atoms with van der Waals surface area (Å²) >= 11 is 17.7. The number of hydrogen-bond acceptors (Lipinski definition) is 3. The fourth-order valence-corrected chi connectivity index (χ4v) is 5.01. The molecular weight excluding hydrogens is 355 g/mol. The van der Waals surface area contributed by atoms with Crippen LogP contribution in [0.3, 0.4) is 0 Å². The van der Waals surface area contributed by atoms with E-state index in [1.54, 1.807) is 0 Å². The number of hydrogen-bond donors (Lipinski definition) is 2. The van der Waals surface area contributed by atoms with E-state index >= 15 is 0 Å². The quantitative estimate of drug-likeness (QED) is 0.835. The molecule has 1 aromatic rings. The van der Waals surface area contributed by atoms with E-state index in [1.165, 1.54) is 12.1 Å². The Morgan fingerprint density at radius 1 is 1.24 bits per heavy atom. The van der Waals surface area contributed by atoms with Crippen LogP contribution in [0.4, 0.5) is 0 Å². The van der Waals surface area contributed by atoms with Gasteiger partial charge in [-0.2, -0.15) is 0 Å². The van der Waals surface area contributed by atoms with Gasteiger partial charge >= 0.3 is 0 Å². The van der Waals surface area contributed by atoms with Crippen molar-refractivity contribution in [2.75, 3.05) is 19.6 Å². The summed E-state index contributed by atoms with van der Waals surface area (Å²) in [6.45, 7) is 2.34. The van der Waals surface area contributed by atoms with Crippen molar-refractivity contribution < 1.29 is 8.42 Å². The van der Waals surface area contributed by atoms with Gasteiger partial charge in [0.1, 0.15) is 4.90 Å². The maximum Gasteiger partial charge on any atom is 0.243 e. The standard InChI is InChI=1S/C13H17Cl3N2O2S/c14-10-6-11(15)13(12(16)7-10)21(19,20)18-5-3-9-2-1-4-17-8-9/h6-7,9,17-18H,1-5,8H2. The molecule has 1 unspecified atom stereocenters. The monoisotopic (exact) mass is 370 g/mol. The molecule has 1 saturated heterocycles. The first-order valence-electron chi connectivity index (χ1n) is 6.75. The van der Waals surface area contributed by atoms with Gasteiger partial charge in [0.05, 0.1) is 10.0 Å². The van der Waals surface area contributed by atoms with Gasteiger partial charge in [-0.1, -0.05) is 34.8 Å². The summed E-state index contributed by atoms with van der Waals surface area (Å²) in [6.07, 6.45) is 3.04. The Morgan fingerprint density at radius 2 is 1.90 bits per heavy atom. The zero-order chi connectivity index (χ0) is 15.5. The Labute approximate surface area is 140 Å². The summed E-state index contributed by atoms with van der Waals surface area (Å²) in [7, 11) is -3.73. The molecule has 118 valence electrons. The molecule has 2 rings (SSSR count). The lowest BCUT2D eigenvalue weighted by Gasteiger charge is -2.22. The zero-order valence-electron chi connectivity index (χ0n) is 11.3. The highest BCUT2D eigenvalue weighted by Crippen LogP contribution is 2.32. The minimum atomic E-state index is -3.73. The van der Waals surface area contributed by atoms with Crippen LogP contribution in [0.25, 0.3) is 0 Å². The van der Waals surface area contributed by atoms with Crippen molar-refractivity contribution in [3.8, 4) is 0 Å². The normalized spacial score (nSPS) is 19.7. The maximum atomic E-state index is 12.3. The topological polar surface area (TPSA) is 58.2 Å². The average molecular weight is 372 g/mol. The fourth-order valence-electron chi connectivity index (χ4n) is 2.43. The molecule has 1 aromatic carbocycles. The smallest absolute Gasteiger partial charge is 0.243 e. The van der Waals surface area contributed by atoms with Crippen molar-refractivity contribution in [3.05, 3.63) is 27.2 Å². The van der Waals surface area contributed by atoms with Gasteiger partial charge in [0.25, 0.3) is 0 Å². The van der Waals surface area contributed by atoms with Crippen molar-refractivity contribution >= 4 is 44.8 Å². The highest BCUT2D eigenvalue weighted by Gasteiger charge is 2.22. The molecule has 21 heavy (non-hydrogen) atoms. The van der Waals surface area contributed by atoms with Crippen LogP contribution in [0.2, 0.25) is 15.1 Å². The molecule has 1 aliphatic rings. The van der Waals surface area contributed by atoms with Crippen LogP contribution in [0.5, 0.6) is 0 Å². The first-order valence-corrected chi connectivity index (χ1v) is 9.37. The zero-order valence-corrected chi connectivity index (χ0v) is 14.4. The Morgan fingerprint density at radius 3 is 2.48 bits per heavy atom. The van der Waals surface area contributed by atoms with Gasteiger partial charge < -0.3 is 5.32 Å². The highest BCUT2D eigenvalue weighted by molar-refractivity contribution is 7.89. The highest BCUT2D eigenvalue weighted by atomic mass is 35.5. The number of nitrogens with one attached hydrogen (secondary N) is 2. The molecule has 0 saturated carbocycles. The molecule has 0 amide bonds. The van der Waals surface area contributed by atoms with E-state index in [2.05, 4.69) is 10.0 Å². The van der Waals surface area contributed by atoms with Crippen molar-refractivity contribution in [1.82, 2.24) is 10.0 Å². The van der Waals surface area contributed by atoms with E-state index in [0.29, 0.717) is 17.5 Å². The summed E-state index contributed by atoms with van der Waals surface area (Å²) < 4.78 is 27.1. The van der Waals surface area contributed by atoms with Gasteiger partial charge in [-0.3, -0.25) is 0 Å². The van der Waals surface area contributed by atoms with Gasteiger partial charge in [0.15, 0.2) is 0 Å². The van der Waals surface area contributed by atoms with Gasteiger partial charge in [-0.15, -0.1) is 0 Å². The van der Waals surface area contributed by atoms with Gasteiger partial charge in [0.2, 0.25) is 10.0 Å². The first kappa shape index (κ1) is 17.3. The molecule has 2 N–H and O–H groups in total. The van der Waals surface area contributed by atoms with Crippen LogP contribution in [-0.4, -0.2) is 28.1 Å². The second kappa shape index (κ2) is 7.49.